The number of para-hydroxylation sites is 1. The van der Waals surface area contributed by atoms with Gasteiger partial charge in [0.05, 0.1) is 32.6 Å². The van der Waals surface area contributed by atoms with Crippen molar-refractivity contribution in [2.75, 3.05) is 20.8 Å². The zero-order valence-electron chi connectivity index (χ0n) is 14.8. The molecule has 0 N–H and O–H groups in total. The summed E-state index contributed by atoms with van der Waals surface area (Å²) in [6, 6.07) is 13.1. The van der Waals surface area contributed by atoms with Gasteiger partial charge in [0.15, 0.2) is 11.5 Å². The Morgan fingerprint density at radius 3 is 2.65 bits per heavy atom. The molecule has 0 aliphatic heterocycles. The van der Waals surface area contributed by atoms with E-state index in [1.54, 1.807) is 47.8 Å². The highest BCUT2D eigenvalue weighted by Gasteiger charge is 2.23. The fourth-order valence-corrected chi connectivity index (χ4v) is 3.47. The van der Waals surface area contributed by atoms with E-state index in [4.69, 9.17) is 13.9 Å². The molecule has 0 atom stereocenters. The van der Waals surface area contributed by atoms with Gasteiger partial charge in [-0.05, 0) is 42.1 Å². The van der Waals surface area contributed by atoms with Crippen LogP contribution in [-0.2, 0) is 13.0 Å². The van der Waals surface area contributed by atoms with Gasteiger partial charge in [0.2, 0.25) is 0 Å². The minimum Gasteiger partial charge on any atom is -0.493 e. The lowest BCUT2D eigenvalue weighted by molar-refractivity contribution is 0.0729. The third kappa shape index (κ3) is 4.08. The Morgan fingerprint density at radius 1 is 1.12 bits per heavy atom. The van der Waals surface area contributed by atoms with E-state index in [1.807, 2.05) is 23.6 Å². The van der Waals surface area contributed by atoms with Crippen molar-refractivity contribution in [2.45, 2.75) is 13.0 Å². The number of methoxy groups -OCH3 is 2. The van der Waals surface area contributed by atoms with Crippen molar-refractivity contribution in [1.82, 2.24) is 4.90 Å². The highest BCUT2D eigenvalue weighted by molar-refractivity contribution is 7.09. The molecule has 6 heteroatoms. The molecule has 0 saturated heterocycles. The van der Waals surface area contributed by atoms with Crippen LogP contribution in [0.25, 0.3) is 0 Å². The topological polar surface area (TPSA) is 51.9 Å². The zero-order chi connectivity index (χ0) is 18.4. The van der Waals surface area contributed by atoms with Crippen LogP contribution in [0.5, 0.6) is 11.5 Å². The first-order chi connectivity index (χ1) is 12.7. The van der Waals surface area contributed by atoms with Gasteiger partial charge in [-0.1, -0.05) is 12.1 Å². The van der Waals surface area contributed by atoms with Crippen LogP contribution in [0.4, 0.5) is 0 Å². The molecule has 0 radical (unpaired) electrons. The highest BCUT2D eigenvalue weighted by atomic mass is 32.1. The summed E-state index contributed by atoms with van der Waals surface area (Å²) in [5.74, 6) is 1.61. The van der Waals surface area contributed by atoms with Crippen LogP contribution in [0, 0.1) is 0 Å². The van der Waals surface area contributed by atoms with Gasteiger partial charge in [0, 0.05) is 11.4 Å². The minimum absolute atomic E-state index is 0.117. The number of rotatable bonds is 8. The standard InChI is InChI=1S/C20H21NO4S/c1-23-18-9-3-8-17(19(18)24-2)20(22)21(14-15-6-4-12-25-15)11-10-16-7-5-13-26-16/h3-9,12-13H,10-11,14H2,1-2H3. The van der Waals surface area contributed by atoms with E-state index >= 15 is 0 Å². The first kappa shape index (κ1) is 18.1. The van der Waals surface area contributed by atoms with E-state index in [9.17, 15) is 4.79 Å². The van der Waals surface area contributed by atoms with E-state index in [0.717, 1.165) is 12.2 Å². The van der Waals surface area contributed by atoms with Gasteiger partial charge in [0.1, 0.15) is 5.76 Å². The van der Waals surface area contributed by atoms with Crippen molar-refractivity contribution in [3.8, 4) is 11.5 Å². The smallest absolute Gasteiger partial charge is 0.258 e. The van der Waals surface area contributed by atoms with Gasteiger partial charge >= 0.3 is 0 Å². The molecule has 1 aromatic carbocycles. The Morgan fingerprint density at radius 2 is 2.00 bits per heavy atom. The molecule has 26 heavy (non-hydrogen) atoms. The van der Waals surface area contributed by atoms with Gasteiger partial charge in [-0.15, -0.1) is 11.3 Å². The van der Waals surface area contributed by atoms with Gasteiger partial charge in [-0.3, -0.25) is 4.79 Å². The molecule has 0 unspecified atom stereocenters. The summed E-state index contributed by atoms with van der Waals surface area (Å²) in [5.41, 5.74) is 0.476. The number of carbonyl (C=O) groups is 1. The summed E-state index contributed by atoms with van der Waals surface area (Å²) < 4.78 is 16.2. The van der Waals surface area contributed by atoms with Gasteiger partial charge in [-0.25, -0.2) is 0 Å². The SMILES string of the molecule is COc1cccc(C(=O)N(CCc2cccs2)Cc2ccco2)c1OC. The Labute approximate surface area is 156 Å². The summed E-state index contributed by atoms with van der Waals surface area (Å²) in [6.07, 6.45) is 2.40. The molecule has 0 bridgehead atoms. The molecule has 5 nitrogen and oxygen atoms in total. The third-order valence-corrected chi connectivity index (χ3v) is 4.99. The minimum atomic E-state index is -0.117. The normalized spacial score (nSPS) is 10.5. The molecule has 3 aromatic rings. The summed E-state index contributed by atoms with van der Waals surface area (Å²) >= 11 is 1.69. The number of ether oxygens (including phenoxy) is 2. The largest absolute Gasteiger partial charge is 0.493 e. The second-order valence-electron chi connectivity index (χ2n) is 5.68. The van der Waals surface area contributed by atoms with Crippen molar-refractivity contribution < 1.29 is 18.7 Å². The van der Waals surface area contributed by atoms with Gasteiger partial charge in [0.25, 0.3) is 5.91 Å². The Balaban J connectivity index is 1.86. The molecule has 0 saturated carbocycles. The second kappa shape index (κ2) is 8.58. The van der Waals surface area contributed by atoms with Crippen LogP contribution >= 0.6 is 11.3 Å². The number of carbonyl (C=O) groups excluding carboxylic acids is 1. The number of benzene rings is 1. The predicted molar refractivity (Wildman–Crippen MR) is 101 cm³/mol. The fraction of sp³-hybridized carbons (Fsp3) is 0.250. The zero-order valence-corrected chi connectivity index (χ0v) is 15.6. The Hall–Kier alpha value is -2.73. The molecular weight excluding hydrogens is 350 g/mol. The van der Waals surface area contributed by atoms with Gasteiger partial charge < -0.3 is 18.8 Å². The van der Waals surface area contributed by atoms with E-state index in [0.29, 0.717) is 30.2 Å². The average Bonchev–Trinajstić information content (AvgIpc) is 3.37. The summed E-state index contributed by atoms with van der Waals surface area (Å²) in [7, 11) is 3.10. The third-order valence-electron chi connectivity index (χ3n) is 4.06. The molecule has 1 amide bonds. The molecule has 3 rings (SSSR count). The predicted octanol–water partition coefficient (Wildman–Crippen LogP) is 4.24. The summed E-state index contributed by atoms with van der Waals surface area (Å²) in [6.45, 7) is 0.984. The number of amides is 1. The van der Waals surface area contributed by atoms with Crippen molar-refractivity contribution in [3.63, 3.8) is 0 Å². The van der Waals surface area contributed by atoms with E-state index < -0.39 is 0 Å². The molecule has 0 aliphatic carbocycles. The Bertz CT molecular complexity index is 828. The maximum absolute atomic E-state index is 13.2. The average molecular weight is 371 g/mol. The first-order valence-electron chi connectivity index (χ1n) is 8.28. The van der Waals surface area contributed by atoms with E-state index in [-0.39, 0.29) is 5.91 Å². The number of hydrogen-bond donors (Lipinski definition) is 0. The maximum Gasteiger partial charge on any atom is 0.258 e. The molecule has 2 heterocycles. The summed E-state index contributed by atoms with van der Waals surface area (Å²) in [4.78, 5) is 16.2. The lowest BCUT2D eigenvalue weighted by Gasteiger charge is -2.23. The monoisotopic (exact) mass is 371 g/mol. The lowest BCUT2D eigenvalue weighted by atomic mass is 10.1. The van der Waals surface area contributed by atoms with Crippen molar-refractivity contribution >= 4 is 17.2 Å². The van der Waals surface area contributed by atoms with Crippen LogP contribution in [0.3, 0.4) is 0 Å². The molecular formula is C20H21NO4S. The summed E-state index contributed by atoms with van der Waals surface area (Å²) in [5, 5.41) is 2.04. The number of furan rings is 1. The number of nitrogens with zero attached hydrogens (tertiary/aromatic N) is 1. The Kier molecular flexibility index (Phi) is 5.96. The van der Waals surface area contributed by atoms with Crippen molar-refractivity contribution in [3.05, 3.63) is 70.3 Å². The molecule has 0 spiro atoms. The van der Waals surface area contributed by atoms with Gasteiger partial charge in [-0.2, -0.15) is 0 Å². The maximum atomic E-state index is 13.2. The number of thiophene rings is 1. The van der Waals surface area contributed by atoms with Crippen LogP contribution in [0.1, 0.15) is 21.0 Å². The van der Waals surface area contributed by atoms with Crippen LogP contribution in [0.2, 0.25) is 0 Å². The van der Waals surface area contributed by atoms with Crippen molar-refractivity contribution in [1.29, 1.82) is 0 Å². The van der Waals surface area contributed by atoms with Crippen LogP contribution < -0.4 is 9.47 Å². The van der Waals surface area contributed by atoms with Crippen molar-refractivity contribution in [2.24, 2.45) is 0 Å². The fourth-order valence-electron chi connectivity index (χ4n) is 2.77. The van der Waals surface area contributed by atoms with Crippen LogP contribution in [-0.4, -0.2) is 31.6 Å². The van der Waals surface area contributed by atoms with E-state index in [2.05, 4.69) is 6.07 Å². The highest BCUT2D eigenvalue weighted by Crippen LogP contribution is 2.32. The molecule has 0 fully saturated rings. The molecule has 136 valence electrons. The lowest BCUT2D eigenvalue weighted by Crippen LogP contribution is -2.32. The van der Waals surface area contributed by atoms with Crippen LogP contribution in [0.15, 0.2) is 58.5 Å². The number of hydrogen-bond acceptors (Lipinski definition) is 5. The quantitative estimate of drug-likeness (QED) is 0.594. The molecule has 2 aromatic heterocycles. The van der Waals surface area contributed by atoms with E-state index in [1.165, 1.54) is 12.0 Å². The molecule has 0 aliphatic rings. The first-order valence-corrected chi connectivity index (χ1v) is 9.16. The second-order valence-corrected chi connectivity index (χ2v) is 6.71.